The molecule has 6 nitrogen and oxygen atoms in total. The largest absolute Gasteiger partial charge is 0.383 e. The monoisotopic (exact) mass is 315 g/mol. The lowest BCUT2D eigenvalue weighted by Gasteiger charge is -2.20. The molecule has 0 aliphatic heterocycles. The van der Waals surface area contributed by atoms with Crippen molar-refractivity contribution in [2.24, 2.45) is 0 Å². The van der Waals surface area contributed by atoms with Crippen LogP contribution in [0.3, 0.4) is 0 Å². The lowest BCUT2D eigenvalue weighted by Crippen LogP contribution is -2.34. The van der Waals surface area contributed by atoms with Crippen LogP contribution in [-0.2, 0) is 14.3 Å². The van der Waals surface area contributed by atoms with Gasteiger partial charge in [-0.05, 0) is 12.1 Å². The van der Waals surface area contributed by atoms with Gasteiger partial charge in [0.1, 0.15) is 0 Å². The van der Waals surface area contributed by atoms with Gasteiger partial charge < -0.3 is 15.0 Å². The number of carbonyl (C=O) groups is 2. The third-order valence-electron chi connectivity index (χ3n) is 3.53. The molecule has 0 spiro atoms. The molecule has 2 amide bonds. The molecule has 2 rings (SSSR count). The van der Waals surface area contributed by atoms with E-state index >= 15 is 0 Å². The highest BCUT2D eigenvalue weighted by molar-refractivity contribution is 6.00. The number of hydrogen-bond acceptors (Lipinski definition) is 4. The minimum atomic E-state index is -0.146. The third kappa shape index (κ3) is 4.75. The van der Waals surface area contributed by atoms with E-state index in [2.05, 4.69) is 10.3 Å². The van der Waals surface area contributed by atoms with Crippen LogP contribution in [0.25, 0.3) is 10.9 Å². The van der Waals surface area contributed by atoms with E-state index in [9.17, 15) is 9.59 Å². The number of amides is 2. The van der Waals surface area contributed by atoms with E-state index in [4.69, 9.17) is 4.74 Å². The van der Waals surface area contributed by atoms with E-state index in [1.807, 2.05) is 30.3 Å². The molecular weight excluding hydrogens is 294 g/mol. The van der Waals surface area contributed by atoms with Crippen molar-refractivity contribution in [3.63, 3.8) is 0 Å². The molecule has 1 N–H and O–H groups in total. The van der Waals surface area contributed by atoms with Crippen molar-refractivity contribution >= 4 is 28.4 Å². The molecule has 1 aromatic carbocycles. The summed E-state index contributed by atoms with van der Waals surface area (Å²) < 4.78 is 4.97. The number of carbonyl (C=O) groups excluding carboxylic acids is 2. The lowest BCUT2D eigenvalue weighted by molar-refractivity contribution is -0.130. The number of fused-ring (bicyclic) bond motifs is 1. The van der Waals surface area contributed by atoms with Gasteiger partial charge in [0.15, 0.2) is 0 Å². The van der Waals surface area contributed by atoms with Gasteiger partial charge in [0.25, 0.3) is 0 Å². The Balaban J connectivity index is 1.97. The summed E-state index contributed by atoms with van der Waals surface area (Å²) in [5.74, 6) is -0.214. The first-order valence-electron chi connectivity index (χ1n) is 7.50. The normalized spacial score (nSPS) is 10.5. The summed E-state index contributed by atoms with van der Waals surface area (Å²) in [5, 5.41) is 3.83. The van der Waals surface area contributed by atoms with Gasteiger partial charge in [0.2, 0.25) is 11.8 Å². The Kier molecular flexibility index (Phi) is 6.05. The van der Waals surface area contributed by atoms with Gasteiger partial charge >= 0.3 is 0 Å². The molecule has 0 saturated heterocycles. The van der Waals surface area contributed by atoms with Crippen LogP contribution in [0.5, 0.6) is 0 Å². The van der Waals surface area contributed by atoms with E-state index < -0.39 is 0 Å². The Morgan fingerprint density at radius 1 is 1.22 bits per heavy atom. The minimum absolute atomic E-state index is 0.0679. The first-order valence-corrected chi connectivity index (χ1v) is 7.50. The van der Waals surface area contributed by atoms with E-state index in [-0.39, 0.29) is 18.2 Å². The number of nitrogens with one attached hydrogen (secondary N) is 1. The fourth-order valence-electron chi connectivity index (χ4n) is 2.28. The lowest BCUT2D eigenvalue weighted by atomic mass is 10.2. The van der Waals surface area contributed by atoms with Gasteiger partial charge in [-0.3, -0.25) is 14.6 Å². The molecule has 0 aliphatic carbocycles. The van der Waals surface area contributed by atoms with Crippen LogP contribution in [0.15, 0.2) is 36.5 Å². The van der Waals surface area contributed by atoms with E-state index in [0.717, 1.165) is 10.9 Å². The zero-order valence-electron chi connectivity index (χ0n) is 13.4. The van der Waals surface area contributed by atoms with Gasteiger partial charge in [-0.25, -0.2) is 0 Å². The van der Waals surface area contributed by atoms with Crippen LogP contribution in [0.1, 0.15) is 13.3 Å². The molecule has 23 heavy (non-hydrogen) atoms. The second kappa shape index (κ2) is 8.24. The number of ether oxygens (including phenoxy) is 1. The summed E-state index contributed by atoms with van der Waals surface area (Å²) in [7, 11) is 1.58. The molecule has 0 saturated carbocycles. The Morgan fingerprint density at radius 3 is 2.74 bits per heavy atom. The number of methoxy groups -OCH3 is 1. The number of para-hydroxylation sites is 1. The number of aromatic nitrogens is 1. The van der Waals surface area contributed by atoms with E-state index in [1.165, 1.54) is 6.92 Å². The molecule has 0 atom stereocenters. The maximum absolute atomic E-state index is 12.1. The molecule has 0 aliphatic rings. The summed E-state index contributed by atoms with van der Waals surface area (Å²) in [6, 6.07) is 9.44. The highest BCUT2D eigenvalue weighted by Gasteiger charge is 2.12. The molecule has 122 valence electrons. The van der Waals surface area contributed by atoms with Crippen molar-refractivity contribution in [2.45, 2.75) is 13.3 Å². The molecule has 0 fully saturated rings. The fourth-order valence-corrected chi connectivity index (χ4v) is 2.28. The maximum atomic E-state index is 12.1. The Hall–Kier alpha value is -2.47. The first kappa shape index (κ1) is 16.9. The van der Waals surface area contributed by atoms with Gasteiger partial charge in [-0.15, -0.1) is 0 Å². The van der Waals surface area contributed by atoms with Crippen LogP contribution < -0.4 is 5.32 Å². The standard InChI is InChI=1S/C17H21N3O3/c1-13(21)20(11-12-23-2)10-8-16(22)19-15-7-3-5-14-6-4-9-18-17(14)15/h3-7,9H,8,10-12H2,1-2H3,(H,19,22). The van der Waals surface area contributed by atoms with Crippen LogP contribution in [0.4, 0.5) is 5.69 Å². The van der Waals surface area contributed by atoms with Crippen molar-refractivity contribution < 1.29 is 14.3 Å². The summed E-state index contributed by atoms with van der Waals surface area (Å²) >= 11 is 0. The molecule has 2 aromatic rings. The van der Waals surface area contributed by atoms with Crippen molar-refractivity contribution in [3.05, 3.63) is 36.5 Å². The Bertz CT molecular complexity index is 682. The molecule has 0 radical (unpaired) electrons. The summed E-state index contributed by atoms with van der Waals surface area (Å²) in [6.45, 7) is 2.79. The van der Waals surface area contributed by atoms with Crippen LogP contribution in [0.2, 0.25) is 0 Å². The summed E-state index contributed by atoms with van der Waals surface area (Å²) in [5.41, 5.74) is 1.44. The van der Waals surface area contributed by atoms with Gasteiger partial charge in [0, 0.05) is 45.1 Å². The average molecular weight is 315 g/mol. The molecule has 0 unspecified atom stereocenters. The molecule has 6 heteroatoms. The molecule has 1 aromatic heterocycles. The molecular formula is C17H21N3O3. The van der Waals surface area contributed by atoms with Gasteiger partial charge in [0.05, 0.1) is 17.8 Å². The van der Waals surface area contributed by atoms with Crippen LogP contribution in [0, 0.1) is 0 Å². The van der Waals surface area contributed by atoms with E-state index in [0.29, 0.717) is 25.4 Å². The van der Waals surface area contributed by atoms with Gasteiger partial charge in [-0.1, -0.05) is 18.2 Å². The Morgan fingerprint density at radius 2 is 2.00 bits per heavy atom. The van der Waals surface area contributed by atoms with E-state index in [1.54, 1.807) is 18.2 Å². The van der Waals surface area contributed by atoms with Crippen molar-refractivity contribution in [2.75, 3.05) is 32.1 Å². The van der Waals surface area contributed by atoms with Crippen molar-refractivity contribution in [1.29, 1.82) is 0 Å². The van der Waals surface area contributed by atoms with Crippen molar-refractivity contribution in [1.82, 2.24) is 9.88 Å². The average Bonchev–Trinajstić information content (AvgIpc) is 2.55. The SMILES string of the molecule is COCCN(CCC(=O)Nc1cccc2cccnc12)C(C)=O. The topological polar surface area (TPSA) is 71.5 Å². The third-order valence-corrected chi connectivity index (χ3v) is 3.53. The zero-order chi connectivity index (χ0) is 16.7. The number of benzene rings is 1. The highest BCUT2D eigenvalue weighted by atomic mass is 16.5. The van der Waals surface area contributed by atoms with Gasteiger partial charge in [-0.2, -0.15) is 0 Å². The summed E-state index contributed by atoms with van der Waals surface area (Å²) in [6.07, 6.45) is 1.92. The predicted octanol–water partition coefficient (Wildman–Crippen LogP) is 2.06. The Labute approximate surface area is 135 Å². The first-order chi connectivity index (χ1) is 11.1. The van der Waals surface area contributed by atoms with Crippen molar-refractivity contribution in [3.8, 4) is 0 Å². The predicted molar refractivity (Wildman–Crippen MR) is 89.1 cm³/mol. The number of anilines is 1. The number of nitrogens with zero attached hydrogens (tertiary/aromatic N) is 2. The number of rotatable bonds is 7. The maximum Gasteiger partial charge on any atom is 0.226 e. The minimum Gasteiger partial charge on any atom is -0.383 e. The fraction of sp³-hybridized carbons (Fsp3) is 0.353. The second-order valence-electron chi connectivity index (χ2n) is 5.18. The highest BCUT2D eigenvalue weighted by Crippen LogP contribution is 2.20. The smallest absolute Gasteiger partial charge is 0.226 e. The summed E-state index contributed by atoms with van der Waals surface area (Å²) in [4.78, 5) is 29.6. The number of hydrogen-bond donors (Lipinski definition) is 1. The molecule has 1 heterocycles. The quantitative estimate of drug-likeness (QED) is 0.849. The molecule has 0 bridgehead atoms. The zero-order valence-corrected chi connectivity index (χ0v) is 13.4. The van der Waals surface area contributed by atoms with Crippen LogP contribution in [-0.4, -0.2) is 48.5 Å². The number of pyridine rings is 1. The van der Waals surface area contributed by atoms with Crippen LogP contribution >= 0.6 is 0 Å². The second-order valence-corrected chi connectivity index (χ2v) is 5.18.